The van der Waals surface area contributed by atoms with Crippen LogP contribution in [0.4, 0.5) is 0 Å². The van der Waals surface area contributed by atoms with Crippen LogP contribution in [-0.2, 0) is 0 Å². The van der Waals surface area contributed by atoms with Crippen molar-refractivity contribution in [3.05, 3.63) is 28.8 Å². The molecule has 0 atom stereocenters. The van der Waals surface area contributed by atoms with Gasteiger partial charge < -0.3 is 16.2 Å². The summed E-state index contributed by atoms with van der Waals surface area (Å²) >= 11 is 0. The second kappa shape index (κ2) is 6.13. The minimum atomic E-state index is 0.132. The number of aryl methyl sites for hydroxylation is 3. The lowest BCUT2D eigenvalue weighted by Gasteiger charge is -2.11. The number of nitrogens with two attached hydrogens (primary N) is 2. The Bertz CT molecular complexity index is 409. The minimum absolute atomic E-state index is 0.132. The van der Waals surface area contributed by atoms with Crippen molar-refractivity contribution < 1.29 is 4.74 Å². The number of guanidine groups is 1. The van der Waals surface area contributed by atoms with Gasteiger partial charge >= 0.3 is 0 Å². The fourth-order valence-electron chi connectivity index (χ4n) is 1.54. The molecule has 0 aliphatic heterocycles. The van der Waals surface area contributed by atoms with Gasteiger partial charge in [0.2, 0.25) is 0 Å². The van der Waals surface area contributed by atoms with E-state index in [2.05, 4.69) is 37.9 Å². The number of benzene rings is 1. The molecule has 4 nitrogen and oxygen atoms in total. The lowest BCUT2D eigenvalue weighted by molar-refractivity contribution is 0.311. The zero-order valence-electron chi connectivity index (χ0n) is 10.8. The molecule has 0 amide bonds. The number of hydrogen-bond acceptors (Lipinski definition) is 2. The fourth-order valence-corrected chi connectivity index (χ4v) is 1.54. The molecule has 0 unspecified atom stereocenters. The topological polar surface area (TPSA) is 73.6 Å². The first-order valence-electron chi connectivity index (χ1n) is 5.76. The summed E-state index contributed by atoms with van der Waals surface area (Å²) < 4.78 is 5.70. The van der Waals surface area contributed by atoms with Gasteiger partial charge in [0.1, 0.15) is 5.75 Å². The molecule has 0 saturated heterocycles. The van der Waals surface area contributed by atoms with Crippen LogP contribution >= 0.6 is 0 Å². The molecule has 0 aromatic heterocycles. The number of aliphatic imine (C=N–C) groups is 1. The van der Waals surface area contributed by atoms with Gasteiger partial charge in [-0.2, -0.15) is 0 Å². The van der Waals surface area contributed by atoms with Gasteiger partial charge in [-0.1, -0.05) is 6.07 Å². The molecule has 1 aromatic rings. The molecular formula is C13H21N3O. The van der Waals surface area contributed by atoms with Crippen LogP contribution < -0.4 is 16.2 Å². The third kappa shape index (κ3) is 4.34. The van der Waals surface area contributed by atoms with E-state index in [-0.39, 0.29) is 5.96 Å². The van der Waals surface area contributed by atoms with E-state index in [0.717, 1.165) is 17.7 Å². The average molecular weight is 235 g/mol. The predicted octanol–water partition coefficient (Wildman–Crippen LogP) is 1.65. The fraction of sp³-hybridized carbons (Fsp3) is 0.462. The summed E-state index contributed by atoms with van der Waals surface area (Å²) in [6, 6.07) is 4.21. The zero-order valence-corrected chi connectivity index (χ0v) is 10.8. The van der Waals surface area contributed by atoms with E-state index in [1.54, 1.807) is 0 Å². The summed E-state index contributed by atoms with van der Waals surface area (Å²) in [7, 11) is 0. The van der Waals surface area contributed by atoms with Crippen molar-refractivity contribution in [2.75, 3.05) is 13.2 Å². The normalized spacial score (nSPS) is 10.1. The maximum absolute atomic E-state index is 5.70. The number of nitrogens with zero attached hydrogens (tertiary/aromatic N) is 1. The Kier molecular flexibility index (Phi) is 4.82. The molecule has 94 valence electrons. The molecule has 4 heteroatoms. The first kappa shape index (κ1) is 13.4. The number of ether oxygens (including phenoxy) is 1. The van der Waals surface area contributed by atoms with Crippen LogP contribution in [0, 0.1) is 20.8 Å². The van der Waals surface area contributed by atoms with Crippen LogP contribution in [0.5, 0.6) is 5.75 Å². The summed E-state index contributed by atoms with van der Waals surface area (Å²) in [6.45, 7) is 7.47. The quantitative estimate of drug-likeness (QED) is 0.463. The Hall–Kier alpha value is -1.71. The lowest BCUT2D eigenvalue weighted by Crippen LogP contribution is -2.23. The Morgan fingerprint density at radius 3 is 2.41 bits per heavy atom. The molecule has 0 fully saturated rings. The third-order valence-electron chi connectivity index (χ3n) is 2.65. The van der Waals surface area contributed by atoms with Crippen molar-refractivity contribution in [2.45, 2.75) is 27.2 Å². The van der Waals surface area contributed by atoms with E-state index in [0.29, 0.717) is 13.2 Å². The maximum Gasteiger partial charge on any atom is 0.185 e. The lowest BCUT2D eigenvalue weighted by atomic mass is 10.1. The molecule has 0 aliphatic carbocycles. The highest BCUT2D eigenvalue weighted by molar-refractivity contribution is 5.75. The highest BCUT2D eigenvalue weighted by Gasteiger charge is 2.02. The van der Waals surface area contributed by atoms with Crippen LogP contribution in [0.25, 0.3) is 0 Å². The van der Waals surface area contributed by atoms with Gasteiger partial charge in [0.25, 0.3) is 0 Å². The van der Waals surface area contributed by atoms with E-state index in [4.69, 9.17) is 16.2 Å². The van der Waals surface area contributed by atoms with Crippen molar-refractivity contribution in [1.82, 2.24) is 0 Å². The molecule has 0 saturated carbocycles. The van der Waals surface area contributed by atoms with Gasteiger partial charge in [-0.15, -0.1) is 0 Å². The number of rotatable bonds is 5. The van der Waals surface area contributed by atoms with Gasteiger partial charge in [0.15, 0.2) is 5.96 Å². The first-order chi connectivity index (χ1) is 8.00. The number of hydrogen-bond donors (Lipinski definition) is 2. The minimum Gasteiger partial charge on any atom is -0.493 e. The van der Waals surface area contributed by atoms with Crippen molar-refractivity contribution in [1.29, 1.82) is 0 Å². The monoisotopic (exact) mass is 235 g/mol. The molecule has 0 spiro atoms. The highest BCUT2D eigenvalue weighted by Crippen LogP contribution is 2.22. The molecule has 4 N–H and O–H groups in total. The van der Waals surface area contributed by atoms with Gasteiger partial charge in [-0.25, -0.2) is 0 Å². The summed E-state index contributed by atoms with van der Waals surface area (Å²) in [6.07, 6.45) is 0.810. The van der Waals surface area contributed by atoms with Gasteiger partial charge in [0.05, 0.1) is 6.61 Å². The second-order valence-corrected chi connectivity index (χ2v) is 4.21. The molecule has 0 bridgehead atoms. The first-order valence-corrected chi connectivity index (χ1v) is 5.76. The maximum atomic E-state index is 5.70. The largest absolute Gasteiger partial charge is 0.493 e. The summed E-state index contributed by atoms with van der Waals surface area (Å²) in [5, 5.41) is 0. The molecular weight excluding hydrogens is 214 g/mol. The molecule has 1 aromatic carbocycles. The van der Waals surface area contributed by atoms with Crippen molar-refractivity contribution in [3.63, 3.8) is 0 Å². The zero-order chi connectivity index (χ0) is 12.8. The van der Waals surface area contributed by atoms with Crippen LogP contribution in [0.2, 0.25) is 0 Å². The Morgan fingerprint density at radius 2 is 1.76 bits per heavy atom. The van der Waals surface area contributed by atoms with Gasteiger partial charge in [-0.3, -0.25) is 4.99 Å². The summed E-state index contributed by atoms with van der Waals surface area (Å²) in [5.74, 6) is 1.07. The van der Waals surface area contributed by atoms with Gasteiger partial charge in [-0.05, 0) is 43.5 Å². The predicted molar refractivity (Wildman–Crippen MR) is 71.4 cm³/mol. The van der Waals surface area contributed by atoms with Crippen LogP contribution in [0.15, 0.2) is 17.1 Å². The van der Waals surface area contributed by atoms with E-state index >= 15 is 0 Å². The third-order valence-corrected chi connectivity index (χ3v) is 2.65. The smallest absolute Gasteiger partial charge is 0.185 e. The molecule has 17 heavy (non-hydrogen) atoms. The standard InChI is InChI=1S/C13H21N3O/c1-9-7-11(3)12(8-10(9)2)17-6-4-5-16-13(14)15/h7-8H,4-6H2,1-3H3,(H4,14,15,16). The van der Waals surface area contributed by atoms with E-state index in [1.165, 1.54) is 11.1 Å². The Balaban J connectivity index is 2.47. The van der Waals surface area contributed by atoms with Crippen LogP contribution in [-0.4, -0.2) is 19.1 Å². The van der Waals surface area contributed by atoms with Crippen molar-refractivity contribution >= 4 is 5.96 Å². The van der Waals surface area contributed by atoms with Crippen LogP contribution in [0.1, 0.15) is 23.1 Å². The van der Waals surface area contributed by atoms with Crippen LogP contribution in [0.3, 0.4) is 0 Å². The SMILES string of the molecule is Cc1cc(C)c(OCCCN=C(N)N)cc1C. The summed E-state index contributed by atoms with van der Waals surface area (Å²) in [4.78, 5) is 3.90. The highest BCUT2D eigenvalue weighted by atomic mass is 16.5. The average Bonchev–Trinajstić information content (AvgIpc) is 2.24. The second-order valence-electron chi connectivity index (χ2n) is 4.21. The Labute approximate surface area is 103 Å². The molecule has 0 heterocycles. The van der Waals surface area contributed by atoms with Crippen molar-refractivity contribution in [3.8, 4) is 5.75 Å². The molecule has 0 aliphatic rings. The van der Waals surface area contributed by atoms with E-state index in [9.17, 15) is 0 Å². The van der Waals surface area contributed by atoms with Crippen molar-refractivity contribution in [2.24, 2.45) is 16.5 Å². The Morgan fingerprint density at radius 1 is 1.12 bits per heavy atom. The molecule has 0 radical (unpaired) electrons. The van der Waals surface area contributed by atoms with E-state index in [1.807, 2.05) is 0 Å². The summed E-state index contributed by atoms with van der Waals surface area (Å²) in [5.41, 5.74) is 14.2. The van der Waals surface area contributed by atoms with Gasteiger partial charge in [0, 0.05) is 13.0 Å². The molecule has 1 rings (SSSR count). The van der Waals surface area contributed by atoms with E-state index < -0.39 is 0 Å².